The molecule has 0 amide bonds. The van der Waals surface area contributed by atoms with Crippen molar-refractivity contribution in [3.63, 3.8) is 0 Å². The Bertz CT molecular complexity index is 370. The van der Waals surface area contributed by atoms with Gasteiger partial charge in [0.1, 0.15) is 5.78 Å². The molecule has 0 saturated heterocycles. The van der Waals surface area contributed by atoms with Gasteiger partial charge in [0.25, 0.3) is 0 Å². The number of rotatable bonds is 7. The van der Waals surface area contributed by atoms with E-state index < -0.39 is 0 Å². The minimum atomic E-state index is 0.167. The zero-order chi connectivity index (χ0) is 22.1. The Balaban J connectivity index is -0.000000143. The number of carbonyl (C=O) groups is 1. The van der Waals surface area contributed by atoms with E-state index in [9.17, 15) is 4.79 Å². The molecule has 0 aromatic heterocycles. The molecule has 0 aliphatic rings. The number of ketones is 1. The van der Waals surface area contributed by atoms with Crippen molar-refractivity contribution in [2.45, 2.75) is 121 Å². The molecule has 0 unspecified atom stereocenters. The van der Waals surface area contributed by atoms with Gasteiger partial charge < -0.3 is 4.79 Å². The van der Waals surface area contributed by atoms with Crippen molar-refractivity contribution in [2.24, 2.45) is 5.92 Å². The van der Waals surface area contributed by atoms with E-state index >= 15 is 0 Å². The fourth-order valence-electron chi connectivity index (χ4n) is 2.18. The Labute approximate surface area is 173 Å². The van der Waals surface area contributed by atoms with Crippen molar-refractivity contribution in [3.05, 3.63) is 35.4 Å². The second-order valence-corrected chi connectivity index (χ2v) is 6.64. The number of aryl methyl sites for hydroxylation is 2. The van der Waals surface area contributed by atoms with Crippen LogP contribution in [-0.4, -0.2) is 5.78 Å². The third kappa shape index (κ3) is 36.5. The highest BCUT2D eigenvalue weighted by molar-refractivity contribution is 5.72. The van der Waals surface area contributed by atoms with E-state index in [1.54, 1.807) is 0 Å². The van der Waals surface area contributed by atoms with Gasteiger partial charge in [-0.2, -0.15) is 0 Å². The SMILES string of the molecule is CC.CC.CC(C)=O.CCCCC(C)CCCC.CCc1cccc(C)c1. The van der Waals surface area contributed by atoms with Crippen LogP contribution in [0, 0.1) is 12.8 Å². The van der Waals surface area contributed by atoms with Crippen LogP contribution in [0.3, 0.4) is 0 Å². The van der Waals surface area contributed by atoms with Gasteiger partial charge in [-0.25, -0.2) is 0 Å². The largest absolute Gasteiger partial charge is 0.300 e. The Morgan fingerprint density at radius 1 is 0.889 bits per heavy atom. The molecule has 0 bridgehead atoms. The van der Waals surface area contributed by atoms with E-state index in [4.69, 9.17) is 0 Å². The second-order valence-electron chi connectivity index (χ2n) is 6.64. The zero-order valence-corrected chi connectivity index (χ0v) is 20.7. The molecule has 1 rings (SSSR count). The van der Waals surface area contributed by atoms with E-state index in [-0.39, 0.29) is 5.78 Å². The third-order valence-corrected chi connectivity index (χ3v) is 3.59. The van der Waals surface area contributed by atoms with Crippen LogP contribution >= 0.6 is 0 Å². The molecule has 0 heterocycles. The lowest BCUT2D eigenvalue weighted by molar-refractivity contribution is -0.114. The molecule has 0 radical (unpaired) electrons. The fourth-order valence-corrected chi connectivity index (χ4v) is 2.18. The smallest absolute Gasteiger partial charge is 0.126 e. The average Bonchev–Trinajstić information content (AvgIpc) is 2.68. The summed E-state index contributed by atoms with van der Waals surface area (Å²) in [7, 11) is 0. The maximum Gasteiger partial charge on any atom is 0.126 e. The molecule has 1 heteroatoms. The van der Waals surface area contributed by atoms with Crippen molar-refractivity contribution < 1.29 is 4.79 Å². The number of unbranched alkanes of at least 4 members (excludes halogenated alkanes) is 2. The first kappa shape index (κ1) is 33.5. The molecule has 0 aliphatic heterocycles. The van der Waals surface area contributed by atoms with E-state index in [1.807, 2.05) is 27.7 Å². The fraction of sp³-hybridized carbons (Fsp3) is 0.731. The van der Waals surface area contributed by atoms with E-state index in [2.05, 4.69) is 58.9 Å². The van der Waals surface area contributed by atoms with Gasteiger partial charge in [-0.05, 0) is 38.7 Å². The molecular weight excluding hydrogens is 328 g/mol. The van der Waals surface area contributed by atoms with Gasteiger partial charge in [0, 0.05) is 0 Å². The van der Waals surface area contributed by atoms with Gasteiger partial charge in [-0.15, -0.1) is 0 Å². The number of hydrogen-bond acceptors (Lipinski definition) is 1. The minimum Gasteiger partial charge on any atom is -0.300 e. The van der Waals surface area contributed by atoms with Crippen LogP contribution in [0.2, 0.25) is 0 Å². The Morgan fingerprint density at radius 3 is 1.56 bits per heavy atom. The van der Waals surface area contributed by atoms with Gasteiger partial charge in [-0.3, -0.25) is 0 Å². The zero-order valence-electron chi connectivity index (χ0n) is 20.7. The predicted molar refractivity (Wildman–Crippen MR) is 128 cm³/mol. The van der Waals surface area contributed by atoms with E-state index in [0.29, 0.717) is 0 Å². The first-order valence-corrected chi connectivity index (χ1v) is 11.4. The summed E-state index contributed by atoms with van der Waals surface area (Å²) >= 11 is 0. The van der Waals surface area contributed by atoms with Crippen LogP contribution in [0.4, 0.5) is 0 Å². The van der Waals surface area contributed by atoms with Crippen LogP contribution in [0.25, 0.3) is 0 Å². The molecule has 1 aromatic carbocycles. The highest BCUT2D eigenvalue weighted by Gasteiger charge is 1.98. The van der Waals surface area contributed by atoms with Crippen LogP contribution in [0.5, 0.6) is 0 Å². The maximum absolute atomic E-state index is 9.44. The van der Waals surface area contributed by atoms with Gasteiger partial charge in [0.2, 0.25) is 0 Å². The molecular formula is C26H52O. The lowest BCUT2D eigenvalue weighted by Crippen LogP contribution is -1.93. The normalized spacial score (nSPS) is 8.59. The van der Waals surface area contributed by atoms with Crippen LogP contribution in [0.15, 0.2) is 24.3 Å². The van der Waals surface area contributed by atoms with Crippen LogP contribution < -0.4 is 0 Å². The van der Waals surface area contributed by atoms with E-state index in [0.717, 1.165) is 12.3 Å². The number of Topliss-reactive ketones (excluding diaryl/α,β-unsaturated/α-hetero) is 1. The monoisotopic (exact) mass is 380 g/mol. The first-order chi connectivity index (χ1) is 12.9. The standard InChI is InChI=1S/C10H22.C9H12.C3H6O.2C2H6/c1-4-6-8-10(3)9-7-5-2;1-3-9-6-4-5-8(2)7-9;1-3(2)4;2*1-2/h10H,4-9H2,1-3H3;4-7H,3H2,1-2H3;1-2H3;2*1-2H3. The van der Waals surface area contributed by atoms with E-state index in [1.165, 1.54) is 63.5 Å². The molecule has 0 atom stereocenters. The molecule has 0 spiro atoms. The van der Waals surface area contributed by atoms with Gasteiger partial charge in [0.15, 0.2) is 0 Å². The van der Waals surface area contributed by atoms with Crippen molar-refractivity contribution in [1.29, 1.82) is 0 Å². The summed E-state index contributed by atoms with van der Waals surface area (Å²) in [6.07, 6.45) is 9.58. The van der Waals surface area contributed by atoms with Crippen molar-refractivity contribution in [1.82, 2.24) is 0 Å². The molecule has 1 aromatic rings. The summed E-state index contributed by atoms with van der Waals surface area (Å²) in [4.78, 5) is 9.44. The van der Waals surface area contributed by atoms with Crippen LogP contribution in [0.1, 0.15) is 119 Å². The lowest BCUT2D eigenvalue weighted by Gasteiger charge is -2.08. The van der Waals surface area contributed by atoms with Gasteiger partial charge >= 0.3 is 0 Å². The van der Waals surface area contributed by atoms with Gasteiger partial charge in [-0.1, -0.05) is 124 Å². The minimum absolute atomic E-state index is 0.167. The Hall–Kier alpha value is -1.11. The summed E-state index contributed by atoms with van der Waals surface area (Å²) in [5, 5.41) is 0. The van der Waals surface area contributed by atoms with Crippen LogP contribution in [-0.2, 0) is 11.2 Å². The van der Waals surface area contributed by atoms with Crippen molar-refractivity contribution in [2.75, 3.05) is 0 Å². The van der Waals surface area contributed by atoms with Gasteiger partial charge in [0.05, 0.1) is 0 Å². The topological polar surface area (TPSA) is 17.1 Å². The Morgan fingerprint density at radius 2 is 1.30 bits per heavy atom. The molecule has 0 saturated carbocycles. The predicted octanol–water partition coefficient (Wildman–Crippen LogP) is 9.21. The summed E-state index contributed by atoms with van der Waals surface area (Å²) in [5.74, 6) is 1.14. The first-order valence-electron chi connectivity index (χ1n) is 11.4. The molecule has 0 fully saturated rings. The number of hydrogen-bond donors (Lipinski definition) is 0. The number of benzene rings is 1. The molecule has 0 N–H and O–H groups in total. The third-order valence-electron chi connectivity index (χ3n) is 3.59. The highest BCUT2D eigenvalue weighted by atomic mass is 16.1. The molecule has 1 nitrogen and oxygen atoms in total. The number of carbonyl (C=O) groups excluding carboxylic acids is 1. The Kier molecular flexibility index (Phi) is 36.8. The maximum atomic E-state index is 9.44. The molecule has 162 valence electrons. The summed E-state index contributed by atoms with van der Waals surface area (Å²) in [6.45, 7) is 22.3. The summed E-state index contributed by atoms with van der Waals surface area (Å²) in [6, 6.07) is 8.61. The molecule has 27 heavy (non-hydrogen) atoms. The quantitative estimate of drug-likeness (QED) is 0.460. The average molecular weight is 381 g/mol. The second kappa shape index (κ2) is 29.6. The van der Waals surface area contributed by atoms with Crippen molar-refractivity contribution in [3.8, 4) is 0 Å². The summed E-state index contributed by atoms with van der Waals surface area (Å²) < 4.78 is 0. The lowest BCUT2D eigenvalue weighted by atomic mass is 9.98. The molecule has 0 aliphatic carbocycles. The highest BCUT2D eigenvalue weighted by Crippen LogP contribution is 2.14. The summed E-state index contributed by atoms with van der Waals surface area (Å²) in [5.41, 5.74) is 2.78. The van der Waals surface area contributed by atoms with Crippen molar-refractivity contribution >= 4 is 5.78 Å².